The van der Waals surface area contributed by atoms with Crippen molar-refractivity contribution in [2.45, 2.75) is 32.0 Å². The Balaban J connectivity index is 1.57. The third-order valence-corrected chi connectivity index (χ3v) is 3.37. The van der Waals surface area contributed by atoms with Crippen molar-refractivity contribution in [1.82, 2.24) is 5.32 Å². The van der Waals surface area contributed by atoms with Gasteiger partial charge in [0.1, 0.15) is 18.2 Å². The molecule has 20 heavy (non-hydrogen) atoms. The van der Waals surface area contributed by atoms with E-state index in [2.05, 4.69) is 17.4 Å². The fourth-order valence-corrected chi connectivity index (χ4v) is 2.10. The maximum atomic E-state index is 13.1. The van der Waals surface area contributed by atoms with Gasteiger partial charge in [0.25, 0.3) is 0 Å². The van der Waals surface area contributed by atoms with Gasteiger partial charge >= 0.3 is 0 Å². The summed E-state index contributed by atoms with van der Waals surface area (Å²) in [6.45, 7) is 1.36. The van der Waals surface area contributed by atoms with E-state index in [1.54, 1.807) is 12.1 Å². The lowest BCUT2D eigenvalue weighted by Crippen LogP contribution is -2.15. The minimum absolute atomic E-state index is 0.273. The molecule has 0 heterocycles. The number of nitrogens with one attached hydrogen (secondary N) is 1. The van der Waals surface area contributed by atoms with Crippen molar-refractivity contribution in [3.05, 3.63) is 65.5 Å². The van der Waals surface area contributed by atoms with E-state index in [9.17, 15) is 4.39 Å². The van der Waals surface area contributed by atoms with E-state index in [0.717, 1.165) is 12.1 Å². The number of halogens is 1. The Labute approximate surface area is 118 Å². The molecule has 104 valence electrons. The van der Waals surface area contributed by atoms with E-state index in [1.807, 2.05) is 12.1 Å². The molecule has 1 aliphatic rings. The topological polar surface area (TPSA) is 21.3 Å². The highest BCUT2D eigenvalue weighted by Crippen LogP contribution is 2.19. The van der Waals surface area contributed by atoms with Gasteiger partial charge in [-0.3, -0.25) is 0 Å². The fraction of sp³-hybridized carbons (Fsp3) is 0.294. The molecule has 0 aliphatic heterocycles. The van der Waals surface area contributed by atoms with Crippen LogP contribution in [0.5, 0.6) is 5.75 Å². The van der Waals surface area contributed by atoms with E-state index >= 15 is 0 Å². The molecule has 0 aromatic heterocycles. The van der Waals surface area contributed by atoms with Gasteiger partial charge < -0.3 is 10.1 Å². The largest absolute Gasteiger partial charge is 0.489 e. The lowest BCUT2D eigenvalue weighted by Gasteiger charge is -2.08. The summed E-state index contributed by atoms with van der Waals surface area (Å²) >= 11 is 0. The molecule has 0 spiro atoms. The number of benzene rings is 2. The normalized spacial score (nSPS) is 14.2. The first-order chi connectivity index (χ1) is 9.79. The summed E-state index contributed by atoms with van der Waals surface area (Å²) in [6, 6.07) is 15.3. The Morgan fingerprint density at radius 3 is 2.65 bits per heavy atom. The highest BCUT2D eigenvalue weighted by Gasteiger charge is 2.19. The SMILES string of the molecule is Fc1cccc(OCc2cccc(CNC3CC3)c2)c1. The summed E-state index contributed by atoms with van der Waals surface area (Å²) in [5.74, 6) is 0.288. The van der Waals surface area contributed by atoms with Gasteiger partial charge in [-0.15, -0.1) is 0 Å². The van der Waals surface area contributed by atoms with Crippen molar-refractivity contribution in [2.24, 2.45) is 0 Å². The van der Waals surface area contributed by atoms with Crippen LogP contribution in [0.4, 0.5) is 4.39 Å². The Morgan fingerprint density at radius 2 is 1.85 bits per heavy atom. The molecular weight excluding hydrogens is 253 g/mol. The molecule has 1 fully saturated rings. The van der Waals surface area contributed by atoms with Crippen LogP contribution in [0.3, 0.4) is 0 Å². The zero-order chi connectivity index (χ0) is 13.8. The molecule has 0 bridgehead atoms. The van der Waals surface area contributed by atoms with Gasteiger partial charge in [0.2, 0.25) is 0 Å². The highest BCUT2D eigenvalue weighted by molar-refractivity contribution is 5.26. The monoisotopic (exact) mass is 271 g/mol. The summed E-state index contributed by atoms with van der Waals surface area (Å²) in [7, 11) is 0. The van der Waals surface area contributed by atoms with Crippen molar-refractivity contribution in [3.63, 3.8) is 0 Å². The Morgan fingerprint density at radius 1 is 1.05 bits per heavy atom. The molecule has 0 amide bonds. The number of hydrogen-bond acceptors (Lipinski definition) is 2. The van der Waals surface area contributed by atoms with Crippen LogP contribution >= 0.6 is 0 Å². The van der Waals surface area contributed by atoms with Crippen LogP contribution in [0.25, 0.3) is 0 Å². The summed E-state index contributed by atoms with van der Waals surface area (Å²) in [6.07, 6.45) is 2.59. The molecule has 0 atom stereocenters. The van der Waals surface area contributed by atoms with Gasteiger partial charge in [0, 0.05) is 18.7 Å². The number of rotatable bonds is 6. The van der Waals surface area contributed by atoms with Crippen molar-refractivity contribution in [2.75, 3.05) is 0 Å². The number of ether oxygens (including phenoxy) is 1. The van der Waals surface area contributed by atoms with Gasteiger partial charge in [0.05, 0.1) is 0 Å². The third kappa shape index (κ3) is 3.81. The lowest BCUT2D eigenvalue weighted by atomic mass is 10.1. The number of hydrogen-bond donors (Lipinski definition) is 1. The summed E-state index contributed by atoms with van der Waals surface area (Å²) < 4.78 is 18.7. The second-order valence-electron chi connectivity index (χ2n) is 5.22. The molecule has 2 aromatic rings. The summed E-state index contributed by atoms with van der Waals surface area (Å²) in [5, 5.41) is 3.49. The Hall–Kier alpha value is -1.87. The van der Waals surface area contributed by atoms with Gasteiger partial charge in [0.15, 0.2) is 0 Å². The van der Waals surface area contributed by atoms with Crippen LogP contribution in [0.1, 0.15) is 24.0 Å². The molecule has 2 nitrogen and oxygen atoms in total. The predicted molar refractivity (Wildman–Crippen MR) is 77.0 cm³/mol. The van der Waals surface area contributed by atoms with Crippen LogP contribution < -0.4 is 10.1 Å². The molecule has 0 radical (unpaired) electrons. The Kier molecular flexibility index (Phi) is 3.97. The van der Waals surface area contributed by atoms with Crippen molar-refractivity contribution in [1.29, 1.82) is 0 Å². The molecular formula is C17H18FNO. The van der Waals surface area contributed by atoms with Crippen LogP contribution in [-0.4, -0.2) is 6.04 Å². The van der Waals surface area contributed by atoms with E-state index in [0.29, 0.717) is 18.4 Å². The molecule has 0 saturated heterocycles. The van der Waals surface area contributed by atoms with E-state index in [-0.39, 0.29) is 5.82 Å². The summed E-state index contributed by atoms with van der Waals surface area (Å²) in [5.41, 5.74) is 2.36. The fourth-order valence-electron chi connectivity index (χ4n) is 2.10. The molecule has 1 saturated carbocycles. The molecule has 1 N–H and O–H groups in total. The van der Waals surface area contributed by atoms with Gasteiger partial charge in [-0.25, -0.2) is 4.39 Å². The first-order valence-corrected chi connectivity index (χ1v) is 6.99. The Bertz CT molecular complexity index is 581. The van der Waals surface area contributed by atoms with Crippen LogP contribution in [0, 0.1) is 5.82 Å². The maximum absolute atomic E-state index is 13.1. The molecule has 0 unspecified atom stereocenters. The standard InChI is InChI=1S/C17H18FNO/c18-15-5-2-6-17(10-15)20-12-14-4-1-3-13(9-14)11-19-16-7-8-16/h1-6,9-10,16,19H,7-8,11-12H2. The lowest BCUT2D eigenvalue weighted by molar-refractivity contribution is 0.304. The second kappa shape index (κ2) is 6.06. The van der Waals surface area contributed by atoms with E-state index in [4.69, 9.17) is 4.74 Å². The second-order valence-corrected chi connectivity index (χ2v) is 5.22. The maximum Gasteiger partial charge on any atom is 0.126 e. The van der Waals surface area contributed by atoms with Crippen LogP contribution in [-0.2, 0) is 13.2 Å². The quantitative estimate of drug-likeness (QED) is 0.865. The van der Waals surface area contributed by atoms with Crippen molar-refractivity contribution in [3.8, 4) is 5.75 Å². The molecule has 2 aromatic carbocycles. The minimum Gasteiger partial charge on any atom is -0.489 e. The minimum atomic E-state index is -0.273. The first-order valence-electron chi connectivity index (χ1n) is 6.99. The smallest absolute Gasteiger partial charge is 0.126 e. The van der Waals surface area contributed by atoms with Gasteiger partial charge in [-0.2, -0.15) is 0 Å². The van der Waals surface area contributed by atoms with E-state index < -0.39 is 0 Å². The molecule has 1 aliphatic carbocycles. The average molecular weight is 271 g/mol. The third-order valence-electron chi connectivity index (χ3n) is 3.37. The molecule has 3 heteroatoms. The first kappa shape index (κ1) is 13.1. The van der Waals surface area contributed by atoms with E-state index in [1.165, 1.54) is 30.5 Å². The zero-order valence-corrected chi connectivity index (χ0v) is 11.3. The average Bonchev–Trinajstić information content (AvgIpc) is 3.28. The highest BCUT2D eigenvalue weighted by atomic mass is 19.1. The predicted octanol–water partition coefficient (Wildman–Crippen LogP) is 3.66. The van der Waals surface area contributed by atoms with Crippen LogP contribution in [0.2, 0.25) is 0 Å². The van der Waals surface area contributed by atoms with Crippen molar-refractivity contribution < 1.29 is 9.13 Å². The summed E-state index contributed by atoms with van der Waals surface area (Å²) in [4.78, 5) is 0. The zero-order valence-electron chi connectivity index (χ0n) is 11.3. The van der Waals surface area contributed by atoms with Gasteiger partial charge in [-0.1, -0.05) is 30.3 Å². The molecule has 3 rings (SSSR count). The van der Waals surface area contributed by atoms with Crippen LogP contribution in [0.15, 0.2) is 48.5 Å². The van der Waals surface area contributed by atoms with Crippen molar-refractivity contribution >= 4 is 0 Å². The van der Waals surface area contributed by atoms with Gasteiger partial charge in [-0.05, 0) is 36.1 Å².